The largest absolute Gasteiger partial charge is 0.379 e. The first kappa shape index (κ1) is 19.2. The predicted molar refractivity (Wildman–Crippen MR) is 99.7 cm³/mol. The molecule has 3 rings (SSSR count). The molecule has 26 heavy (non-hydrogen) atoms. The van der Waals surface area contributed by atoms with Crippen molar-refractivity contribution in [2.45, 2.75) is 24.7 Å². The average Bonchev–Trinajstić information content (AvgIpc) is 3.47. The Kier molecular flexibility index (Phi) is 5.86. The summed E-state index contributed by atoms with van der Waals surface area (Å²) in [5.74, 6) is 0.556. The molecule has 1 saturated heterocycles. The Bertz CT molecular complexity index is 815. The molecule has 1 saturated carbocycles. The Morgan fingerprint density at radius 1 is 1.31 bits per heavy atom. The number of nitrogens with zero attached hydrogens (tertiary/aromatic N) is 1. The van der Waals surface area contributed by atoms with Gasteiger partial charge < -0.3 is 15.4 Å². The first-order valence-electron chi connectivity index (χ1n) is 8.49. The van der Waals surface area contributed by atoms with Crippen LogP contribution in [0, 0.1) is 5.92 Å². The summed E-state index contributed by atoms with van der Waals surface area (Å²) in [5.41, 5.74) is 1.37. The number of hydrogen-bond donors (Lipinski definition) is 2. The third-order valence-corrected chi connectivity index (χ3v) is 6.67. The second-order valence-corrected chi connectivity index (χ2v) is 8.76. The number of rotatable bonds is 5. The number of benzene rings is 1. The first-order valence-corrected chi connectivity index (χ1v) is 10.3. The fourth-order valence-corrected chi connectivity index (χ4v) is 4.29. The van der Waals surface area contributed by atoms with Gasteiger partial charge in [-0.05, 0) is 43.9 Å². The summed E-state index contributed by atoms with van der Waals surface area (Å²) in [4.78, 5) is 12.2. The zero-order valence-corrected chi connectivity index (χ0v) is 16.1. The lowest BCUT2D eigenvalue weighted by Gasteiger charge is -2.26. The van der Waals surface area contributed by atoms with Crippen molar-refractivity contribution in [2.24, 2.45) is 5.92 Å². The van der Waals surface area contributed by atoms with Gasteiger partial charge in [-0.25, -0.2) is 13.2 Å². The molecule has 2 fully saturated rings. The molecule has 1 aromatic carbocycles. The molecule has 9 heteroatoms. The van der Waals surface area contributed by atoms with Crippen LogP contribution in [0.15, 0.2) is 34.9 Å². The van der Waals surface area contributed by atoms with Crippen molar-refractivity contribution in [1.82, 2.24) is 9.62 Å². The van der Waals surface area contributed by atoms with Crippen molar-refractivity contribution in [1.29, 1.82) is 0 Å². The van der Waals surface area contributed by atoms with E-state index in [9.17, 15) is 13.2 Å². The lowest BCUT2D eigenvalue weighted by Crippen LogP contribution is -2.40. The van der Waals surface area contributed by atoms with Crippen LogP contribution in [0.3, 0.4) is 0 Å². The molecule has 0 aromatic heterocycles. The maximum absolute atomic E-state index is 12.7. The summed E-state index contributed by atoms with van der Waals surface area (Å²) in [7, 11) is -3.65. The Labute approximate surface area is 158 Å². The second kappa shape index (κ2) is 7.96. The molecular weight excluding hydrogens is 378 g/mol. The van der Waals surface area contributed by atoms with Gasteiger partial charge in [0.25, 0.3) is 0 Å². The zero-order chi connectivity index (χ0) is 18.7. The van der Waals surface area contributed by atoms with Crippen LogP contribution in [0.5, 0.6) is 0 Å². The Hall–Kier alpha value is -1.61. The number of hydrogen-bond acceptors (Lipinski definition) is 4. The number of morpholine rings is 1. The Morgan fingerprint density at radius 3 is 2.65 bits per heavy atom. The van der Waals surface area contributed by atoms with E-state index in [1.165, 1.54) is 22.5 Å². The molecule has 2 aliphatic rings. The molecular formula is C17H22ClN3O4S. The Morgan fingerprint density at radius 2 is 2.00 bits per heavy atom. The minimum atomic E-state index is -3.65. The molecule has 0 atom stereocenters. The van der Waals surface area contributed by atoms with Gasteiger partial charge in [0.15, 0.2) is 0 Å². The number of carbonyl (C=O) groups is 1. The molecule has 0 bridgehead atoms. The van der Waals surface area contributed by atoms with E-state index in [1.807, 2.05) is 6.92 Å². The highest BCUT2D eigenvalue weighted by Gasteiger charge is 2.27. The number of anilines is 1. The van der Waals surface area contributed by atoms with Crippen molar-refractivity contribution >= 4 is 33.3 Å². The van der Waals surface area contributed by atoms with Crippen molar-refractivity contribution in [3.8, 4) is 0 Å². The lowest BCUT2D eigenvalue weighted by atomic mass is 10.2. The van der Waals surface area contributed by atoms with E-state index in [1.54, 1.807) is 6.20 Å². The van der Waals surface area contributed by atoms with Crippen LogP contribution in [-0.4, -0.2) is 45.1 Å². The minimum Gasteiger partial charge on any atom is -0.379 e. The molecule has 1 aromatic rings. The van der Waals surface area contributed by atoms with Crippen LogP contribution in [-0.2, 0) is 14.8 Å². The van der Waals surface area contributed by atoms with E-state index >= 15 is 0 Å². The van der Waals surface area contributed by atoms with Crippen molar-refractivity contribution in [2.75, 3.05) is 31.6 Å². The fourth-order valence-electron chi connectivity index (χ4n) is 2.69. The van der Waals surface area contributed by atoms with E-state index in [-0.39, 0.29) is 15.6 Å². The number of carbonyl (C=O) groups excluding carboxylic acids is 1. The highest BCUT2D eigenvalue weighted by molar-refractivity contribution is 7.89. The minimum absolute atomic E-state index is 0.0869. The number of nitrogens with one attached hydrogen (secondary N) is 2. The van der Waals surface area contributed by atoms with Crippen LogP contribution < -0.4 is 10.6 Å². The summed E-state index contributed by atoms with van der Waals surface area (Å²) < 4.78 is 32.0. The van der Waals surface area contributed by atoms with Crippen LogP contribution >= 0.6 is 11.6 Å². The third-order valence-electron chi connectivity index (χ3n) is 4.45. The van der Waals surface area contributed by atoms with Crippen LogP contribution in [0.1, 0.15) is 19.8 Å². The normalized spacial score (nSPS) is 19.2. The molecule has 7 nitrogen and oxygen atoms in total. The van der Waals surface area contributed by atoms with Crippen molar-refractivity contribution in [3.63, 3.8) is 0 Å². The molecule has 0 unspecified atom stereocenters. The summed E-state index contributed by atoms with van der Waals surface area (Å²) in [5, 5.41) is 5.53. The van der Waals surface area contributed by atoms with Crippen molar-refractivity contribution in [3.05, 3.63) is 35.0 Å². The molecule has 2 amide bonds. The maximum atomic E-state index is 12.7. The number of halogens is 1. The number of allylic oxidation sites excluding steroid dienone is 1. The highest BCUT2D eigenvalue weighted by Crippen LogP contribution is 2.35. The van der Waals surface area contributed by atoms with Crippen LogP contribution in [0.25, 0.3) is 0 Å². The van der Waals surface area contributed by atoms with E-state index in [0.717, 1.165) is 18.4 Å². The van der Waals surface area contributed by atoms with E-state index in [2.05, 4.69) is 10.6 Å². The van der Waals surface area contributed by atoms with Gasteiger partial charge in [-0.15, -0.1) is 0 Å². The van der Waals surface area contributed by atoms with Crippen molar-refractivity contribution < 1.29 is 17.9 Å². The number of ether oxygens (including phenoxy) is 1. The summed E-state index contributed by atoms with van der Waals surface area (Å²) in [6.07, 6.45) is 3.98. The SMILES string of the molecule is C/C(=C\NC(=O)Nc1cc(S(=O)(=O)N2CCOCC2)ccc1Cl)C1CC1. The van der Waals surface area contributed by atoms with E-state index in [4.69, 9.17) is 16.3 Å². The zero-order valence-electron chi connectivity index (χ0n) is 14.5. The lowest BCUT2D eigenvalue weighted by molar-refractivity contribution is 0.0730. The molecule has 0 spiro atoms. The van der Waals surface area contributed by atoms with Gasteiger partial charge in [0.05, 0.1) is 28.8 Å². The standard InChI is InChI=1S/C17H22ClN3O4S/c1-12(13-2-3-13)11-19-17(22)20-16-10-14(4-5-15(16)18)26(23,24)21-6-8-25-9-7-21/h4-5,10-11,13H,2-3,6-9H2,1H3,(H2,19,20,22)/b12-11+. The van der Waals surface area contributed by atoms with E-state index in [0.29, 0.717) is 32.2 Å². The average molecular weight is 400 g/mol. The van der Waals surface area contributed by atoms with Gasteiger partial charge in [-0.1, -0.05) is 17.2 Å². The van der Waals surface area contributed by atoms with Gasteiger partial charge in [-0.3, -0.25) is 0 Å². The smallest absolute Gasteiger partial charge is 0.323 e. The monoisotopic (exact) mass is 399 g/mol. The highest BCUT2D eigenvalue weighted by atomic mass is 35.5. The van der Waals surface area contributed by atoms with Gasteiger partial charge in [0.1, 0.15) is 0 Å². The summed E-state index contributed by atoms with van der Waals surface area (Å²) in [6, 6.07) is 3.82. The topological polar surface area (TPSA) is 87.7 Å². The molecule has 1 heterocycles. The van der Waals surface area contributed by atoms with Gasteiger partial charge in [-0.2, -0.15) is 4.31 Å². The van der Waals surface area contributed by atoms with Gasteiger partial charge in [0.2, 0.25) is 10.0 Å². The van der Waals surface area contributed by atoms with Gasteiger partial charge in [0, 0.05) is 19.3 Å². The number of urea groups is 1. The quantitative estimate of drug-likeness (QED) is 0.796. The summed E-state index contributed by atoms with van der Waals surface area (Å²) >= 11 is 6.11. The molecule has 1 aliphatic heterocycles. The van der Waals surface area contributed by atoms with Gasteiger partial charge >= 0.3 is 6.03 Å². The summed E-state index contributed by atoms with van der Waals surface area (Å²) in [6.45, 7) is 3.32. The molecule has 0 radical (unpaired) electrons. The molecule has 2 N–H and O–H groups in total. The van der Waals surface area contributed by atoms with Crippen LogP contribution in [0.4, 0.5) is 10.5 Å². The number of amides is 2. The molecule has 142 valence electrons. The molecule has 1 aliphatic carbocycles. The number of sulfonamides is 1. The van der Waals surface area contributed by atoms with E-state index < -0.39 is 16.1 Å². The first-order chi connectivity index (χ1) is 12.4. The predicted octanol–water partition coefficient (Wildman–Crippen LogP) is 2.80. The Balaban J connectivity index is 1.72. The third kappa shape index (κ3) is 4.56. The fraction of sp³-hybridized carbons (Fsp3) is 0.471. The second-order valence-electron chi connectivity index (χ2n) is 6.42. The maximum Gasteiger partial charge on any atom is 0.323 e. The van der Waals surface area contributed by atoms with Crippen LogP contribution in [0.2, 0.25) is 5.02 Å².